The summed E-state index contributed by atoms with van der Waals surface area (Å²) in [7, 11) is 2.90. The lowest BCUT2D eigenvalue weighted by molar-refractivity contribution is -0.381. The Kier molecular flexibility index (Phi) is 20.6. The zero-order valence-corrected chi connectivity index (χ0v) is 40.6. The second-order valence-electron chi connectivity index (χ2n) is 17.5. The summed E-state index contributed by atoms with van der Waals surface area (Å²) in [5, 5.41) is 12.2. The molecule has 0 amide bonds. The largest absolute Gasteiger partial charge is 0.469 e. The summed E-state index contributed by atoms with van der Waals surface area (Å²) in [6, 6.07) is 45.4. The van der Waals surface area contributed by atoms with Crippen LogP contribution >= 0.6 is 0 Å². The number of esters is 1. The van der Waals surface area contributed by atoms with Crippen molar-refractivity contribution in [3.63, 3.8) is 0 Å². The van der Waals surface area contributed by atoms with Crippen molar-refractivity contribution >= 4 is 5.97 Å². The first-order valence-electron chi connectivity index (χ1n) is 26.9. The number of carbonyl (C=O) groups excluding carboxylic acids is 1. The number of aliphatic hydroxyl groups excluding tert-OH is 1. The highest BCUT2D eigenvalue weighted by molar-refractivity contribution is 5.68. The van der Waals surface area contributed by atoms with Gasteiger partial charge in [0.25, 0.3) is 0 Å². The van der Waals surface area contributed by atoms with Gasteiger partial charge in [0.05, 0.1) is 58.7 Å². The molecule has 0 radical (unpaired) electrons. The van der Waals surface area contributed by atoms with E-state index in [0.29, 0.717) is 35.1 Å². The number of rotatable bonds is 30. The average Bonchev–Trinajstić information content (AvgIpc) is 3.45. The predicted octanol–water partition coefficient (Wildman–Crippen LogP) is 9.31. The van der Waals surface area contributed by atoms with Crippen LogP contribution in [0.4, 0.5) is 0 Å². The topological polar surface area (TPSA) is 139 Å². The van der Waals surface area contributed by atoms with Crippen LogP contribution in [0.15, 0.2) is 152 Å². The molecule has 0 saturated carbocycles. The van der Waals surface area contributed by atoms with Gasteiger partial charge >= 0.3 is 5.97 Å². The van der Waals surface area contributed by atoms with Gasteiger partial charge in [0.2, 0.25) is 0 Å². The summed E-state index contributed by atoms with van der Waals surface area (Å²) in [5.74, 6) is -0.218. The molecule has 13 heteroatoms. The van der Waals surface area contributed by atoms with Gasteiger partial charge in [-0.3, -0.25) is 4.79 Å². The highest BCUT2D eigenvalue weighted by Crippen LogP contribution is 2.36. The van der Waals surface area contributed by atoms with Crippen molar-refractivity contribution < 1.29 is 67.5 Å². The van der Waals surface area contributed by atoms with Crippen molar-refractivity contribution in [1.82, 2.24) is 0 Å². The van der Waals surface area contributed by atoms with Crippen molar-refractivity contribution in [1.29, 1.82) is 0 Å². The molecule has 71 heavy (non-hydrogen) atoms. The Morgan fingerprint density at radius 3 is 1.52 bits per heavy atom. The van der Waals surface area contributed by atoms with E-state index in [-0.39, 0.29) is 32.4 Å². The fourth-order valence-electron chi connectivity index (χ4n) is 8.39. The van der Waals surface area contributed by atoms with E-state index in [1.807, 2.05) is 66.7 Å². The highest BCUT2D eigenvalue weighted by atomic mass is 16.8. The summed E-state index contributed by atoms with van der Waals surface area (Å²) >= 11 is 0. The van der Waals surface area contributed by atoms with E-state index in [1.165, 1.54) is 14.2 Å². The van der Waals surface area contributed by atoms with Gasteiger partial charge in [-0.1, -0.05) is 177 Å². The van der Waals surface area contributed by atoms with E-state index in [4.69, 9.17) is 53.5 Å². The maximum atomic E-state index is 12.2. The van der Waals surface area contributed by atoms with Gasteiger partial charge in [-0.05, 0) is 40.7 Å². The first kappa shape index (κ1) is 48.4. The molecule has 5 unspecified atom stereocenters. The minimum atomic E-state index is -1.51. The molecule has 7 rings (SSSR count). The summed E-state index contributed by atoms with van der Waals surface area (Å²) < 4.78 is 108. The van der Waals surface area contributed by atoms with E-state index in [0.717, 1.165) is 37.7 Å². The molecule has 14 atom stereocenters. The zero-order valence-electron chi connectivity index (χ0n) is 44.6. The van der Waals surface area contributed by atoms with Crippen LogP contribution < -0.4 is 0 Å². The van der Waals surface area contributed by atoms with Crippen LogP contribution in [0.5, 0.6) is 0 Å². The van der Waals surface area contributed by atoms with Crippen molar-refractivity contribution in [2.24, 2.45) is 0 Å². The molecule has 2 heterocycles. The summed E-state index contributed by atoms with van der Waals surface area (Å²) in [6.07, 6.45) is -7.04. The minimum Gasteiger partial charge on any atom is -0.469 e. The smallest absolute Gasteiger partial charge is 0.305 e. The van der Waals surface area contributed by atoms with Gasteiger partial charge in [-0.25, -0.2) is 0 Å². The van der Waals surface area contributed by atoms with Crippen LogP contribution in [0.3, 0.4) is 0 Å². The second kappa shape index (κ2) is 30.2. The van der Waals surface area contributed by atoms with Gasteiger partial charge in [0, 0.05) is 20.1 Å². The number of methoxy groups -OCH3 is 2. The van der Waals surface area contributed by atoms with E-state index >= 15 is 0 Å². The third-order valence-corrected chi connectivity index (χ3v) is 12.2. The Bertz CT molecular complexity index is 2330. The van der Waals surface area contributed by atoms with E-state index in [9.17, 15) is 14.0 Å². The minimum absolute atomic E-state index is 0.00207. The van der Waals surface area contributed by atoms with Crippen LogP contribution in [0.2, 0.25) is 0 Å². The van der Waals surface area contributed by atoms with Gasteiger partial charge in [0.1, 0.15) is 48.8 Å². The SMILES string of the molecule is [2H]C(OC[C@H]1OC(O[C@H]2[C@@H](OCCCCCCCCC(=O)OC)O[C@H](COC)[C@@H](O)[C@@H]2OCc2ccccc2)[C@H](OC([2H])c2ccccc2)[C@@H](OC([2H])c2ccccc2)[C@@H]1OC([2H])c1ccccc1)c1ccccc1. The second-order valence-corrected chi connectivity index (χ2v) is 17.5. The lowest BCUT2D eigenvalue weighted by Crippen LogP contribution is -2.66. The third-order valence-electron chi connectivity index (χ3n) is 12.2. The van der Waals surface area contributed by atoms with Crippen molar-refractivity contribution in [2.75, 3.05) is 34.0 Å². The zero-order chi connectivity index (χ0) is 52.8. The summed E-state index contributed by atoms with van der Waals surface area (Å²) in [6.45, 7) is -5.14. The number of carbonyl (C=O) groups is 1. The molecular formula is C58H72O13. The number of hydrogen-bond donors (Lipinski definition) is 1. The van der Waals surface area contributed by atoms with Gasteiger partial charge in [-0.2, -0.15) is 0 Å². The van der Waals surface area contributed by atoms with Gasteiger partial charge in [0.15, 0.2) is 12.6 Å². The number of benzene rings is 5. The molecule has 0 spiro atoms. The molecule has 5 aromatic rings. The molecule has 0 aliphatic carbocycles. The molecule has 382 valence electrons. The van der Waals surface area contributed by atoms with Crippen molar-refractivity contribution in [3.05, 3.63) is 179 Å². The van der Waals surface area contributed by atoms with Gasteiger partial charge in [-0.15, -0.1) is 0 Å². The Morgan fingerprint density at radius 1 is 0.493 bits per heavy atom. The highest BCUT2D eigenvalue weighted by Gasteiger charge is 2.54. The van der Waals surface area contributed by atoms with Crippen molar-refractivity contribution in [2.45, 2.75) is 139 Å². The third kappa shape index (κ3) is 17.4. The number of hydrogen-bond acceptors (Lipinski definition) is 13. The Balaban J connectivity index is 1.27. The first-order chi connectivity index (χ1) is 36.6. The van der Waals surface area contributed by atoms with E-state index in [1.54, 1.807) is 84.9 Å². The van der Waals surface area contributed by atoms with E-state index in [2.05, 4.69) is 0 Å². The monoisotopic (exact) mass is 981 g/mol. The van der Waals surface area contributed by atoms with Crippen LogP contribution in [0.25, 0.3) is 0 Å². The Morgan fingerprint density at radius 2 is 0.972 bits per heavy atom. The van der Waals surface area contributed by atoms with Gasteiger partial charge < -0.3 is 57.2 Å². The summed E-state index contributed by atoms with van der Waals surface area (Å²) in [4.78, 5) is 11.6. The number of unbranched alkanes of at least 4 members (excludes halogenated alkanes) is 5. The van der Waals surface area contributed by atoms with Crippen LogP contribution in [-0.4, -0.2) is 107 Å². The summed E-state index contributed by atoms with van der Waals surface area (Å²) in [5.41, 5.74) is 2.95. The fraction of sp³-hybridized carbons (Fsp3) is 0.466. The molecule has 2 aliphatic heterocycles. The normalized spacial score (nSPS) is 27.0. The molecule has 2 saturated heterocycles. The fourth-order valence-corrected chi connectivity index (χ4v) is 8.39. The maximum Gasteiger partial charge on any atom is 0.305 e. The van der Waals surface area contributed by atoms with Crippen LogP contribution in [0.1, 0.15) is 78.2 Å². The standard InChI is InChI=1S/C58H72O13/c1-61-41-48-51(60)53(66-38-45-28-16-9-17-29-45)56(57(69-48)64-35-23-6-4-3-5-22-34-50(59)62-2)71-58-55(68-40-47-32-20-11-21-33-47)54(67-39-46-30-18-10-19-31-46)52(65-37-44-26-14-8-15-27-44)49(70-58)42-63-36-43-24-12-7-13-25-43/h7-21,24-33,48-49,51-58,60H,3-6,22-23,34-42H2,1-2H3/t48-,49-,51-,52-,53+,54+,55-,56-,57+,58?/m1/s1/i36D,37D,39D,40D/t36?,37?,39?,40?,48-,49-,51-,52-,53+,54+,55-,56-,57+,58?. The number of aliphatic hydroxyl groups is 1. The van der Waals surface area contributed by atoms with Crippen LogP contribution in [-0.2, 0) is 89.8 Å². The maximum absolute atomic E-state index is 12.2. The quantitative estimate of drug-likeness (QED) is 0.0346. The average molecular weight is 981 g/mol. The number of ether oxygens (including phenoxy) is 11. The van der Waals surface area contributed by atoms with Crippen molar-refractivity contribution in [3.8, 4) is 0 Å². The first-order valence-corrected chi connectivity index (χ1v) is 24.6. The molecule has 0 aromatic heterocycles. The molecule has 13 nitrogen and oxygen atoms in total. The lowest BCUT2D eigenvalue weighted by Gasteiger charge is -2.49. The molecule has 1 N–H and O–H groups in total. The Labute approximate surface area is 425 Å². The molecule has 2 aliphatic rings. The lowest BCUT2D eigenvalue weighted by atomic mass is 9.96. The molecular weight excluding hydrogens is 905 g/mol. The predicted molar refractivity (Wildman–Crippen MR) is 267 cm³/mol. The Hall–Kier alpha value is -4.87. The molecule has 0 bridgehead atoms. The molecule has 5 aromatic carbocycles. The molecule has 2 fully saturated rings. The van der Waals surface area contributed by atoms with Crippen LogP contribution in [0, 0.1) is 0 Å². The van der Waals surface area contributed by atoms with E-state index < -0.39 is 87.7 Å².